The zero-order chi connectivity index (χ0) is 14.6. The summed E-state index contributed by atoms with van der Waals surface area (Å²) in [5.74, 6) is -0.310. The van der Waals surface area contributed by atoms with Crippen LogP contribution in [-0.2, 0) is 16.1 Å². The largest absolute Gasteiger partial charge is 0.345 e. The summed E-state index contributed by atoms with van der Waals surface area (Å²) in [6, 6.07) is 9.79. The molecular formula is C15H21N3O2. The Bertz CT molecular complexity index is 483. The summed E-state index contributed by atoms with van der Waals surface area (Å²) in [4.78, 5) is 25.5. The lowest BCUT2D eigenvalue weighted by atomic mass is 10.2. The average molecular weight is 275 g/mol. The van der Waals surface area contributed by atoms with Gasteiger partial charge in [-0.05, 0) is 25.3 Å². The molecular weight excluding hydrogens is 254 g/mol. The van der Waals surface area contributed by atoms with Crippen molar-refractivity contribution in [3.63, 3.8) is 0 Å². The van der Waals surface area contributed by atoms with E-state index in [1.54, 1.807) is 4.90 Å². The second-order valence-corrected chi connectivity index (χ2v) is 5.23. The number of amides is 2. The van der Waals surface area contributed by atoms with Gasteiger partial charge >= 0.3 is 0 Å². The fourth-order valence-electron chi connectivity index (χ4n) is 1.99. The number of benzene rings is 1. The average Bonchev–Trinajstić information content (AvgIpc) is 3.22. The van der Waals surface area contributed by atoms with Crippen molar-refractivity contribution < 1.29 is 9.59 Å². The SMILES string of the molecule is CCN(Cc1ccccc1)C(=O)CNC(=O)C1(N)CC1. The van der Waals surface area contributed by atoms with Crippen LogP contribution in [0.1, 0.15) is 25.3 Å². The number of hydrogen-bond donors (Lipinski definition) is 2. The van der Waals surface area contributed by atoms with Gasteiger partial charge in [0.05, 0.1) is 12.1 Å². The van der Waals surface area contributed by atoms with E-state index in [-0.39, 0.29) is 18.4 Å². The van der Waals surface area contributed by atoms with Gasteiger partial charge in [-0.2, -0.15) is 0 Å². The van der Waals surface area contributed by atoms with E-state index in [1.807, 2.05) is 37.3 Å². The Kier molecular flexibility index (Phi) is 4.39. The Morgan fingerprint density at radius 2 is 1.95 bits per heavy atom. The Balaban J connectivity index is 1.84. The molecule has 3 N–H and O–H groups in total. The molecule has 1 aromatic rings. The summed E-state index contributed by atoms with van der Waals surface area (Å²) >= 11 is 0. The minimum Gasteiger partial charge on any atom is -0.345 e. The normalized spacial score (nSPS) is 15.5. The maximum atomic E-state index is 12.1. The summed E-state index contributed by atoms with van der Waals surface area (Å²) in [6.07, 6.45) is 1.41. The second-order valence-electron chi connectivity index (χ2n) is 5.23. The molecule has 1 fully saturated rings. The van der Waals surface area contributed by atoms with E-state index in [0.29, 0.717) is 25.9 Å². The zero-order valence-electron chi connectivity index (χ0n) is 11.8. The first kappa shape index (κ1) is 14.5. The molecule has 2 rings (SSSR count). The Hall–Kier alpha value is -1.88. The molecule has 5 heteroatoms. The monoisotopic (exact) mass is 275 g/mol. The van der Waals surface area contributed by atoms with E-state index in [4.69, 9.17) is 5.73 Å². The highest BCUT2D eigenvalue weighted by atomic mass is 16.2. The second kappa shape index (κ2) is 6.05. The number of nitrogens with two attached hydrogens (primary N) is 1. The van der Waals surface area contributed by atoms with Gasteiger partial charge in [-0.1, -0.05) is 30.3 Å². The van der Waals surface area contributed by atoms with Crippen LogP contribution in [-0.4, -0.2) is 35.3 Å². The van der Waals surface area contributed by atoms with Crippen molar-refractivity contribution in [2.75, 3.05) is 13.1 Å². The van der Waals surface area contributed by atoms with Gasteiger partial charge in [0, 0.05) is 13.1 Å². The molecule has 0 bridgehead atoms. The standard InChI is InChI=1S/C15H21N3O2/c1-2-18(11-12-6-4-3-5-7-12)13(19)10-17-14(20)15(16)8-9-15/h3-7H,2,8-11,16H2,1H3,(H,17,20). The van der Waals surface area contributed by atoms with Crippen LogP contribution in [0.5, 0.6) is 0 Å². The molecule has 0 heterocycles. The molecule has 0 aliphatic heterocycles. The molecule has 5 nitrogen and oxygen atoms in total. The van der Waals surface area contributed by atoms with E-state index in [2.05, 4.69) is 5.32 Å². The smallest absolute Gasteiger partial charge is 0.242 e. The minimum atomic E-state index is -0.725. The molecule has 0 unspecified atom stereocenters. The summed E-state index contributed by atoms with van der Waals surface area (Å²) in [7, 11) is 0. The lowest BCUT2D eigenvalue weighted by molar-refractivity contribution is -0.133. The van der Waals surface area contributed by atoms with Crippen LogP contribution in [0.15, 0.2) is 30.3 Å². The number of carbonyl (C=O) groups excluding carboxylic acids is 2. The number of carbonyl (C=O) groups is 2. The minimum absolute atomic E-state index is 0.0124. The van der Waals surface area contributed by atoms with Gasteiger partial charge in [0.25, 0.3) is 0 Å². The van der Waals surface area contributed by atoms with Gasteiger partial charge in [-0.15, -0.1) is 0 Å². The van der Waals surface area contributed by atoms with Gasteiger partial charge in [-0.3, -0.25) is 9.59 Å². The predicted octanol–water partition coefficient (Wildman–Crippen LogP) is 0.643. The highest BCUT2D eigenvalue weighted by molar-refractivity contribution is 5.92. The maximum Gasteiger partial charge on any atom is 0.242 e. The van der Waals surface area contributed by atoms with Crippen molar-refractivity contribution in [1.29, 1.82) is 0 Å². The van der Waals surface area contributed by atoms with E-state index >= 15 is 0 Å². The molecule has 1 aromatic carbocycles. The summed E-state index contributed by atoms with van der Waals surface area (Å²) < 4.78 is 0. The van der Waals surface area contributed by atoms with Gasteiger partial charge in [0.1, 0.15) is 0 Å². The van der Waals surface area contributed by atoms with Gasteiger partial charge in [0.2, 0.25) is 11.8 Å². The van der Waals surface area contributed by atoms with Crippen LogP contribution in [0.3, 0.4) is 0 Å². The molecule has 0 radical (unpaired) electrons. The van der Waals surface area contributed by atoms with Crippen LogP contribution in [0.4, 0.5) is 0 Å². The molecule has 0 aromatic heterocycles. The van der Waals surface area contributed by atoms with Crippen LogP contribution in [0, 0.1) is 0 Å². The van der Waals surface area contributed by atoms with Crippen molar-refractivity contribution in [1.82, 2.24) is 10.2 Å². The highest BCUT2D eigenvalue weighted by Gasteiger charge is 2.45. The highest BCUT2D eigenvalue weighted by Crippen LogP contribution is 2.31. The van der Waals surface area contributed by atoms with E-state index in [9.17, 15) is 9.59 Å². The number of hydrogen-bond acceptors (Lipinski definition) is 3. The lowest BCUT2D eigenvalue weighted by Crippen LogP contribution is -2.47. The summed E-state index contributed by atoms with van der Waals surface area (Å²) in [5, 5.41) is 2.63. The van der Waals surface area contributed by atoms with Crippen LogP contribution in [0.2, 0.25) is 0 Å². The van der Waals surface area contributed by atoms with Crippen LogP contribution in [0.25, 0.3) is 0 Å². The third-order valence-electron chi connectivity index (χ3n) is 3.59. The molecule has 20 heavy (non-hydrogen) atoms. The fourth-order valence-corrected chi connectivity index (χ4v) is 1.99. The van der Waals surface area contributed by atoms with Gasteiger partial charge in [0.15, 0.2) is 0 Å². The first-order valence-corrected chi connectivity index (χ1v) is 6.94. The number of rotatable bonds is 6. The van der Waals surface area contributed by atoms with Crippen LogP contribution >= 0.6 is 0 Å². The first-order chi connectivity index (χ1) is 9.55. The number of likely N-dealkylation sites (N-methyl/N-ethyl adjacent to an activating group) is 1. The lowest BCUT2D eigenvalue weighted by Gasteiger charge is -2.21. The number of nitrogens with zero attached hydrogens (tertiary/aromatic N) is 1. The molecule has 2 amide bonds. The third-order valence-corrected chi connectivity index (χ3v) is 3.59. The first-order valence-electron chi connectivity index (χ1n) is 6.94. The fraction of sp³-hybridized carbons (Fsp3) is 0.467. The molecule has 1 aliphatic rings. The van der Waals surface area contributed by atoms with E-state index < -0.39 is 5.54 Å². The quantitative estimate of drug-likeness (QED) is 0.800. The van der Waals surface area contributed by atoms with Crippen molar-refractivity contribution in [2.24, 2.45) is 5.73 Å². The predicted molar refractivity (Wildman–Crippen MR) is 76.7 cm³/mol. The Labute approximate surface area is 119 Å². The topological polar surface area (TPSA) is 75.4 Å². The third kappa shape index (κ3) is 3.57. The van der Waals surface area contributed by atoms with Gasteiger partial charge in [-0.25, -0.2) is 0 Å². The molecule has 1 saturated carbocycles. The Morgan fingerprint density at radius 1 is 1.30 bits per heavy atom. The maximum absolute atomic E-state index is 12.1. The molecule has 0 spiro atoms. The van der Waals surface area contributed by atoms with E-state index in [1.165, 1.54) is 0 Å². The van der Waals surface area contributed by atoms with Crippen molar-refractivity contribution in [3.05, 3.63) is 35.9 Å². The molecule has 0 atom stereocenters. The molecule has 1 aliphatic carbocycles. The van der Waals surface area contributed by atoms with Gasteiger partial charge < -0.3 is 16.0 Å². The van der Waals surface area contributed by atoms with Crippen molar-refractivity contribution >= 4 is 11.8 Å². The van der Waals surface area contributed by atoms with Crippen molar-refractivity contribution in [2.45, 2.75) is 31.8 Å². The zero-order valence-corrected chi connectivity index (χ0v) is 11.8. The van der Waals surface area contributed by atoms with Crippen LogP contribution < -0.4 is 11.1 Å². The molecule has 108 valence electrons. The van der Waals surface area contributed by atoms with E-state index in [0.717, 1.165) is 5.56 Å². The number of nitrogens with one attached hydrogen (secondary N) is 1. The summed E-state index contributed by atoms with van der Waals surface area (Å²) in [5.41, 5.74) is 6.12. The summed E-state index contributed by atoms with van der Waals surface area (Å²) in [6.45, 7) is 3.10. The molecule has 0 saturated heterocycles. The van der Waals surface area contributed by atoms with Crippen molar-refractivity contribution in [3.8, 4) is 0 Å². The Morgan fingerprint density at radius 3 is 2.50 bits per heavy atom.